The van der Waals surface area contributed by atoms with Crippen LogP contribution in [-0.2, 0) is 19.6 Å². The molecule has 0 radical (unpaired) electrons. The Balaban J connectivity index is 3.04. The van der Waals surface area contributed by atoms with Crippen molar-refractivity contribution in [1.82, 2.24) is 0 Å². The number of benzene rings is 1. The fourth-order valence-corrected chi connectivity index (χ4v) is 1.80. The predicted molar refractivity (Wildman–Crippen MR) is 61.3 cm³/mol. The van der Waals surface area contributed by atoms with E-state index in [0.29, 0.717) is 0 Å². The molecule has 0 atom stereocenters. The first-order valence-corrected chi connectivity index (χ1v) is 6.17. The molecule has 1 aromatic carbocycles. The molecule has 0 aliphatic heterocycles. The summed E-state index contributed by atoms with van der Waals surface area (Å²) in [6, 6.07) is 6.06. The Morgan fingerprint density at radius 1 is 1.41 bits per heavy atom. The topological polar surface area (TPSA) is 86.5 Å². The second-order valence-electron chi connectivity index (χ2n) is 3.10. The van der Waals surface area contributed by atoms with Gasteiger partial charge in [0.1, 0.15) is 6.42 Å². The third-order valence-electron chi connectivity index (χ3n) is 1.88. The van der Waals surface area contributed by atoms with Crippen LogP contribution >= 0.6 is 0 Å². The minimum atomic E-state index is -3.81. The maximum atomic E-state index is 11.2. The van der Waals surface area contributed by atoms with Crippen molar-refractivity contribution in [2.45, 2.75) is 11.3 Å². The van der Waals surface area contributed by atoms with E-state index in [0.717, 1.165) is 0 Å². The number of esters is 1. The van der Waals surface area contributed by atoms with Gasteiger partial charge < -0.3 is 4.74 Å². The number of sulfonamides is 1. The molecule has 0 aliphatic carbocycles. The average Bonchev–Trinajstić information content (AvgIpc) is 2.28. The first-order valence-electron chi connectivity index (χ1n) is 4.62. The molecule has 1 rings (SSSR count). The van der Waals surface area contributed by atoms with E-state index in [1.165, 1.54) is 19.2 Å². The standard InChI is InChI=1S/C11H11NO4S/c1-16-11(13)8-4-6-9-5-2-3-7-10(9)17(12,14)15/h2-3,5,7H,8H2,1H3,(H2,12,14,15). The van der Waals surface area contributed by atoms with Crippen LogP contribution in [0, 0.1) is 11.8 Å². The highest BCUT2D eigenvalue weighted by molar-refractivity contribution is 7.89. The van der Waals surface area contributed by atoms with Crippen LogP contribution in [0.2, 0.25) is 0 Å². The smallest absolute Gasteiger partial charge is 0.317 e. The summed E-state index contributed by atoms with van der Waals surface area (Å²) >= 11 is 0. The summed E-state index contributed by atoms with van der Waals surface area (Å²) in [4.78, 5) is 10.8. The van der Waals surface area contributed by atoms with Gasteiger partial charge in [0.2, 0.25) is 10.0 Å². The number of ether oxygens (including phenoxy) is 1. The zero-order valence-corrected chi connectivity index (χ0v) is 9.95. The van der Waals surface area contributed by atoms with Crippen molar-refractivity contribution in [3.8, 4) is 11.8 Å². The highest BCUT2D eigenvalue weighted by Gasteiger charge is 2.11. The summed E-state index contributed by atoms with van der Waals surface area (Å²) in [5.41, 5.74) is 0.263. The van der Waals surface area contributed by atoms with Crippen LogP contribution in [0.4, 0.5) is 0 Å². The highest BCUT2D eigenvalue weighted by Crippen LogP contribution is 2.12. The minimum Gasteiger partial charge on any atom is -0.468 e. The van der Waals surface area contributed by atoms with Crippen LogP contribution in [0.15, 0.2) is 29.2 Å². The number of methoxy groups -OCH3 is 1. The number of hydrogen-bond acceptors (Lipinski definition) is 4. The van der Waals surface area contributed by atoms with E-state index < -0.39 is 16.0 Å². The summed E-state index contributed by atoms with van der Waals surface area (Å²) in [7, 11) is -2.56. The van der Waals surface area contributed by atoms with E-state index in [2.05, 4.69) is 16.6 Å². The van der Waals surface area contributed by atoms with Crippen molar-refractivity contribution in [2.24, 2.45) is 5.14 Å². The zero-order valence-electron chi connectivity index (χ0n) is 9.14. The number of primary sulfonamides is 1. The van der Waals surface area contributed by atoms with Gasteiger partial charge in [0.25, 0.3) is 0 Å². The summed E-state index contributed by atoms with van der Waals surface area (Å²) in [6.45, 7) is 0. The molecule has 0 aliphatic rings. The van der Waals surface area contributed by atoms with Crippen LogP contribution in [0.25, 0.3) is 0 Å². The molecule has 0 amide bonds. The van der Waals surface area contributed by atoms with Gasteiger partial charge in [-0.25, -0.2) is 13.6 Å². The molecule has 5 nitrogen and oxygen atoms in total. The fourth-order valence-electron chi connectivity index (χ4n) is 1.10. The predicted octanol–water partition coefficient (Wildman–Crippen LogP) is 0.249. The van der Waals surface area contributed by atoms with E-state index in [1.807, 2.05) is 0 Å². The summed E-state index contributed by atoms with van der Waals surface area (Å²) in [6.07, 6.45) is -0.102. The summed E-state index contributed by atoms with van der Waals surface area (Å²) in [5, 5.41) is 5.03. The molecule has 0 bridgehead atoms. The van der Waals surface area contributed by atoms with Crippen LogP contribution < -0.4 is 5.14 Å². The lowest BCUT2D eigenvalue weighted by atomic mass is 10.2. The minimum absolute atomic E-state index is 0.0580. The van der Waals surface area contributed by atoms with Crippen molar-refractivity contribution in [3.05, 3.63) is 29.8 Å². The molecular formula is C11H11NO4S. The van der Waals surface area contributed by atoms with Crippen molar-refractivity contribution in [2.75, 3.05) is 7.11 Å². The Morgan fingerprint density at radius 2 is 2.06 bits per heavy atom. The van der Waals surface area contributed by atoms with E-state index >= 15 is 0 Å². The van der Waals surface area contributed by atoms with Gasteiger partial charge in [0.05, 0.1) is 12.0 Å². The van der Waals surface area contributed by atoms with Crippen LogP contribution in [0.1, 0.15) is 12.0 Å². The molecule has 0 saturated carbocycles. The number of hydrogen-bond donors (Lipinski definition) is 1. The molecule has 0 fully saturated rings. The van der Waals surface area contributed by atoms with E-state index in [1.54, 1.807) is 12.1 Å². The molecule has 17 heavy (non-hydrogen) atoms. The van der Waals surface area contributed by atoms with Gasteiger partial charge in [-0.1, -0.05) is 24.0 Å². The number of rotatable bonds is 2. The lowest BCUT2D eigenvalue weighted by Gasteiger charge is -2.00. The van der Waals surface area contributed by atoms with Gasteiger partial charge in [-0.15, -0.1) is 0 Å². The zero-order chi connectivity index (χ0) is 12.9. The quantitative estimate of drug-likeness (QED) is 0.604. The molecule has 0 unspecified atom stereocenters. The molecule has 0 heterocycles. The van der Waals surface area contributed by atoms with Crippen LogP contribution in [-0.4, -0.2) is 21.5 Å². The summed E-state index contributed by atoms with van der Waals surface area (Å²) in [5.74, 6) is 4.61. The van der Waals surface area contributed by atoms with Crippen molar-refractivity contribution < 1.29 is 17.9 Å². The van der Waals surface area contributed by atoms with Gasteiger partial charge in [-0.05, 0) is 12.1 Å². The Morgan fingerprint density at radius 3 is 2.65 bits per heavy atom. The Hall–Kier alpha value is -1.84. The normalized spacial score (nSPS) is 10.2. The fraction of sp³-hybridized carbons (Fsp3) is 0.182. The van der Waals surface area contributed by atoms with Gasteiger partial charge in [-0.2, -0.15) is 0 Å². The van der Waals surface area contributed by atoms with Crippen LogP contribution in [0.5, 0.6) is 0 Å². The van der Waals surface area contributed by atoms with Gasteiger partial charge >= 0.3 is 5.97 Å². The van der Waals surface area contributed by atoms with Crippen molar-refractivity contribution in [3.63, 3.8) is 0 Å². The third-order valence-corrected chi connectivity index (χ3v) is 2.85. The third kappa shape index (κ3) is 3.90. The molecule has 0 aromatic heterocycles. The molecule has 0 saturated heterocycles. The van der Waals surface area contributed by atoms with Gasteiger partial charge in [0, 0.05) is 5.56 Å². The van der Waals surface area contributed by atoms with E-state index in [-0.39, 0.29) is 16.9 Å². The lowest BCUT2D eigenvalue weighted by molar-refractivity contribution is -0.139. The van der Waals surface area contributed by atoms with Crippen molar-refractivity contribution >= 4 is 16.0 Å². The number of carbonyl (C=O) groups is 1. The Kier molecular flexibility index (Phi) is 4.26. The highest BCUT2D eigenvalue weighted by atomic mass is 32.2. The number of nitrogens with two attached hydrogens (primary N) is 1. The largest absolute Gasteiger partial charge is 0.468 e. The first-order chi connectivity index (χ1) is 7.95. The molecule has 2 N–H and O–H groups in total. The first kappa shape index (κ1) is 13.2. The second kappa shape index (κ2) is 5.48. The number of carbonyl (C=O) groups excluding carboxylic acids is 1. The molecule has 0 spiro atoms. The van der Waals surface area contributed by atoms with Crippen molar-refractivity contribution in [1.29, 1.82) is 0 Å². The molecular weight excluding hydrogens is 242 g/mol. The maximum absolute atomic E-state index is 11.2. The lowest BCUT2D eigenvalue weighted by Crippen LogP contribution is -2.13. The van der Waals surface area contributed by atoms with Crippen LogP contribution in [0.3, 0.4) is 0 Å². The monoisotopic (exact) mass is 253 g/mol. The van der Waals surface area contributed by atoms with Gasteiger partial charge in [0.15, 0.2) is 0 Å². The molecule has 90 valence electrons. The molecule has 6 heteroatoms. The average molecular weight is 253 g/mol. The maximum Gasteiger partial charge on any atom is 0.317 e. The second-order valence-corrected chi connectivity index (χ2v) is 4.63. The Labute approximate surface area is 99.6 Å². The Bertz CT molecular complexity index is 581. The van der Waals surface area contributed by atoms with E-state index in [9.17, 15) is 13.2 Å². The van der Waals surface area contributed by atoms with E-state index in [4.69, 9.17) is 5.14 Å². The van der Waals surface area contributed by atoms with Gasteiger partial charge in [-0.3, -0.25) is 4.79 Å². The summed E-state index contributed by atoms with van der Waals surface area (Å²) < 4.78 is 26.9. The molecule has 1 aromatic rings. The SMILES string of the molecule is COC(=O)CC#Cc1ccccc1S(N)(=O)=O.